The molecule has 1 aromatic heterocycles. The molecule has 0 saturated carbocycles. The fraction of sp³-hybridized carbons (Fsp3) is 0.0625. The molecule has 3 rings (SSSR count). The predicted octanol–water partition coefficient (Wildman–Crippen LogP) is 3.39. The van der Waals surface area contributed by atoms with Gasteiger partial charge in [-0.25, -0.2) is 9.97 Å². The summed E-state index contributed by atoms with van der Waals surface area (Å²) >= 11 is 5.84. The smallest absolute Gasteiger partial charge is 0.297 e. The number of nitrogens with zero attached hydrogens (tertiary/aromatic N) is 2. The summed E-state index contributed by atoms with van der Waals surface area (Å²) in [7, 11) is 0. The minimum Gasteiger partial charge on any atom is -0.301 e. The number of rotatable bonds is 3. The zero-order valence-corrected chi connectivity index (χ0v) is 12.6. The molecular formula is C16H13ClN4O. The average Bonchev–Trinajstić information content (AvgIpc) is 2.62. The van der Waals surface area contributed by atoms with Crippen LogP contribution in [-0.4, -0.2) is 9.97 Å². The number of hydrogen-bond donors (Lipinski definition) is 2. The largest absolute Gasteiger partial charge is 0.301 e. The summed E-state index contributed by atoms with van der Waals surface area (Å²) in [4.78, 5) is 20.8. The first kappa shape index (κ1) is 14.3. The van der Waals surface area contributed by atoms with Gasteiger partial charge in [0.05, 0.1) is 22.4 Å². The van der Waals surface area contributed by atoms with Gasteiger partial charge >= 0.3 is 0 Å². The van der Waals surface area contributed by atoms with Gasteiger partial charge in [-0.05, 0) is 43.3 Å². The number of aryl methyl sites for hydroxylation is 1. The maximum absolute atomic E-state index is 12.3. The first-order valence-corrected chi connectivity index (χ1v) is 7.06. The van der Waals surface area contributed by atoms with Crippen molar-refractivity contribution in [3.05, 3.63) is 69.6 Å². The maximum atomic E-state index is 12.3. The molecule has 0 bridgehead atoms. The molecule has 0 amide bonds. The van der Waals surface area contributed by atoms with Gasteiger partial charge in [0, 0.05) is 5.02 Å². The normalized spacial score (nSPS) is 10.5. The maximum Gasteiger partial charge on any atom is 0.297 e. The Morgan fingerprint density at radius 2 is 1.55 bits per heavy atom. The van der Waals surface area contributed by atoms with Gasteiger partial charge in [0.15, 0.2) is 0 Å². The van der Waals surface area contributed by atoms with Gasteiger partial charge < -0.3 is 5.43 Å². The van der Waals surface area contributed by atoms with Gasteiger partial charge in [-0.1, -0.05) is 23.7 Å². The van der Waals surface area contributed by atoms with Gasteiger partial charge in [-0.2, -0.15) is 0 Å². The Kier molecular flexibility index (Phi) is 3.89. The molecule has 6 heteroatoms. The predicted molar refractivity (Wildman–Crippen MR) is 89.2 cm³/mol. The van der Waals surface area contributed by atoms with E-state index < -0.39 is 0 Å². The summed E-state index contributed by atoms with van der Waals surface area (Å²) in [6.07, 6.45) is 0. The van der Waals surface area contributed by atoms with E-state index in [0.29, 0.717) is 27.4 Å². The van der Waals surface area contributed by atoms with E-state index in [-0.39, 0.29) is 5.56 Å². The van der Waals surface area contributed by atoms with Gasteiger partial charge in [0.2, 0.25) is 0 Å². The van der Waals surface area contributed by atoms with Crippen molar-refractivity contribution < 1.29 is 0 Å². The van der Waals surface area contributed by atoms with E-state index in [4.69, 9.17) is 11.6 Å². The molecule has 0 unspecified atom stereocenters. The zero-order valence-electron chi connectivity index (χ0n) is 11.8. The first-order valence-electron chi connectivity index (χ1n) is 6.69. The van der Waals surface area contributed by atoms with Crippen molar-refractivity contribution in [3.8, 4) is 0 Å². The van der Waals surface area contributed by atoms with Crippen LogP contribution in [0.15, 0.2) is 53.3 Å². The molecule has 0 atom stereocenters. The van der Waals surface area contributed by atoms with Crippen LogP contribution in [0.25, 0.3) is 11.0 Å². The Bertz CT molecular complexity index is 881. The van der Waals surface area contributed by atoms with Crippen LogP contribution in [0.4, 0.5) is 11.4 Å². The highest BCUT2D eigenvalue weighted by Gasteiger charge is 2.06. The molecule has 3 aromatic rings. The molecule has 2 N–H and O–H groups in total. The second kappa shape index (κ2) is 5.99. The summed E-state index contributed by atoms with van der Waals surface area (Å²) in [6.45, 7) is 1.77. The minimum absolute atomic E-state index is 0.311. The van der Waals surface area contributed by atoms with Crippen molar-refractivity contribution in [2.75, 3.05) is 10.9 Å². The van der Waals surface area contributed by atoms with E-state index in [1.54, 1.807) is 37.3 Å². The Hall–Kier alpha value is -2.66. The molecule has 5 nitrogen and oxygen atoms in total. The van der Waals surface area contributed by atoms with E-state index in [1.165, 1.54) is 0 Å². The van der Waals surface area contributed by atoms with Gasteiger partial charge in [-0.3, -0.25) is 10.2 Å². The number of hydrogen-bond acceptors (Lipinski definition) is 5. The van der Waals surface area contributed by atoms with E-state index in [2.05, 4.69) is 20.8 Å². The van der Waals surface area contributed by atoms with E-state index >= 15 is 0 Å². The topological polar surface area (TPSA) is 66.9 Å². The quantitative estimate of drug-likeness (QED) is 0.726. The molecule has 22 heavy (non-hydrogen) atoms. The number of anilines is 2. The SMILES string of the molecule is Cc1nc2ccccc2nc(=O)c1NNc1ccc(Cl)cc1. The summed E-state index contributed by atoms with van der Waals surface area (Å²) in [5.41, 5.74) is 8.36. The monoisotopic (exact) mass is 312 g/mol. The molecule has 0 fully saturated rings. The van der Waals surface area contributed by atoms with Crippen LogP contribution in [0.5, 0.6) is 0 Å². The van der Waals surface area contributed by atoms with Gasteiger partial charge in [-0.15, -0.1) is 0 Å². The van der Waals surface area contributed by atoms with E-state index in [9.17, 15) is 4.79 Å². The van der Waals surface area contributed by atoms with Crippen molar-refractivity contribution in [3.63, 3.8) is 0 Å². The number of hydrazine groups is 1. The highest BCUT2D eigenvalue weighted by Crippen LogP contribution is 2.15. The molecule has 0 radical (unpaired) electrons. The molecule has 0 aliphatic carbocycles. The van der Waals surface area contributed by atoms with E-state index in [0.717, 1.165) is 5.69 Å². The number of fused-ring (bicyclic) bond motifs is 1. The third-order valence-corrected chi connectivity index (χ3v) is 3.40. The lowest BCUT2D eigenvalue weighted by Gasteiger charge is -2.08. The Balaban J connectivity index is 1.96. The fourth-order valence-electron chi connectivity index (χ4n) is 2.02. The van der Waals surface area contributed by atoms with Crippen molar-refractivity contribution in [2.45, 2.75) is 6.92 Å². The molecule has 110 valence electrons. The average molecular weight is 313 g/mol. The van der Waals surface area contributed by atoms with Crippen LogP contribution in [-0.2, 0) is 0 Å². The number of halogens is 1. The van der Waals surface area contributed by atoms with Crippen LogP contribution < -0.4 is 16.4 Å². The lowest BCUT2D eigenvalue weighted by molar-refractivity contribution is 1.22. The molecule has 0 saturated heterocycles. The number of aromatic nitrogens is 2. The van der Waals surface area contributed by atoms with E-state index in [1.807, 2.05) is 18.2 Å². The highest BCUT2D eigenvalue weighted by atomic mass is 35.5. The summed E-state index contributed by atoms with van der Waals surface area (Å²) < 4.78 is 0. The lowest BCUT2D eigenvalue weighted by Crippen LogP contribution is -2.18. The molecule has 0 spiro atoms. The van der Waals surface area contributed by atoms with Crippen LogP contribution >= 0.6 is 11.6 Å². The molecular weight excluding hydrogens is 300 g/mol. The van der Waals surface area contributed by atoms with Crippen LogP contribution in [0, 0.1) is 6.92 Å². The minimum atomic E-state index is -0.368. The molecule has 0 aliphatic heterocycles. The highest BCUT2D eigenvalue weighted by molar-refractivity contribution is 6.30. The second-order valence-electron chi connectivity index (χ2n) is 4.73. The molecule has 1 heterocycles. The third-order valence-electron chi connectivity index (χ3n) is 3.14. The Morgan fingerprint density at radius 3 is 2.23 bits per heavy atom. The number of para-hydroxylation sites is 2. The fourth-order valence-corrected chi connectivity index (χ4v) is 2.15. The summed E-state index contributed by atoms with van der Waals surface area (Å²) in [5, 5.41) is 0.645. The van der Waals surface area contributed by atoms with Crippen molar-refractivity contribution in [1.82, 2.24) is 9.97 Å². The standard InChI is InChI=1S/C16H13ClN4O/c1-10-15(21-20-12-8-6-11(17)7-9-12)16(22)19-14-5-3-2-4-13(14)18-10/h2-9,20H,1H3,(H,19,21,22). The molecule has 2 aromatic carbocycles. The Labute approximate surface area is 132 Å². The van der Waals surface area contributed by atoms with Crippen LogP contribution in [0.1, 0.15) is 5.69 Å². The molecule has 0 aliphatic rings. The van der Waals surface area contributed by atoms with Crippen LogP contribution in [0.2, 0.25) is 5.02 Å². The third kappa shape index (κ3) is 2.99. The first-order chi connectivity index (χ1) is 10.6. The lowest BCUT2D eigenvalue weighted by atomic mass is 10.3. The van der Waals surface area contributed by atoms with Crippen molar-refractivity contribution >= 4 is 34.0 Å². The van der Waals surface area contributed by atoms with Gasteiger partial charge in [0.1, 0.15) is 5.69 Å². The zero-order chi connectivity index (χ0) is 15.5. The number of benzene rings is 2. The number of nitrogens with one attached hydrogen (secondary N) is 2. The van der Waals surface area contributed by atoms with Crippen LogP contribution in [0.3, 0.4) is 0 Å². The Morgan fingerprint density at radius 1 is 0.909 bits per heavy atom. The van der Waals surface area contributed by atoms with Gasteiger partial charge in [0.25, 0.3) is 5.56 Å². The van der Waals surface area contributed by atoms with Crippen molar-refractivity contribution in [1.29, 1.82) is 0 Å². The van der Waals surface area contributed by atoms with Crippen molar-refractivity contribution in [2.24, 2.45) is 0 Å². The summed E-state index contributed by atoms with van der Waals surface area (Å²) in [5.74, 6) is 0. The summed E-state index contributed by atoms with van der Waals surface area (Å²) in [6, 6.07) is 14.4. The second-order valence-corrected chi connectivity index (χ2v) is 5.17.